The topological polar surface area (TPSA) is 17.1 Å². The zero-order valence-corrected chi connectivity index (χ0v) is 11.6. The van der Waals surface area contributed by atoms with E-state index in [1.54, 1.807) is 11.8 Å². The number of unbranched alkanes of at least 4 members (excludes halogenated alkanes) is 2. The molecular formula is C15H22OS. The molecule has 0 bridgehead atoms. The third kappa shape index (κ3) is 5.40. The highest BCUT2D eigenvalue weighted by Gasteiger charge is 2.17. The number of benzene rings is 1. The summed E-state index contributed by atoms with van der Waals surface area (Å²) in [6.07, 6.45) is 5.26. The molecule has 17 heavy (non-hydrogen) atoms. The van der Waals surface area contributed by atoms with E-state index >= 15 is 0 Å². The maximum atomic E-state index is 11.9. The number of carbonyl (C=O) groups excluding carboxylic acids is 1. The van der Waals surface area contributed by atoms with Gasteiger partial charge in [0.15, 0.2) is 0 Å². The van der Waals surface area contributed by atoms with E-state index in [-0.39, 0.29) is 5.25 Å². The lowest BCUT2D eigenvalue weighted by Gasteiger charge is -2.14. The van der Waals surface area contributed by atoms with Crippen molar-refractivity contribution in [2.45, 2.75) is 56.1 Å². The van der Waals surface area contributed by atoms with Gasteiger partial charge in [-0.1, -0.05) is 51.3 Å². The van der Waals surface area contributed by atoms with Crippen LogP contribution in [0.15, 0.2) is 35.2 Å². The molecule has 1 aromatic rings. The molecule has 1 nitrogen and oxygen atoms in total. The molecule has 0 saturated carbocycles. The Balaban J connectivity index is 2.54. The predicted molar refractivity (Wildman–Crippen MR) is 75.5 cm³/mol. The minimum Gasteiger partial charge on any atom is -0.298 e. The van der Waals surface area contributed by atoms with Gasteiger partial charge < -0.3 is 0 Å². The predicted octanol–water partition coefficient (Wildman–Crippen LogP) is 4.71. The highest BCUT2D eigenvalue weighted by Crippen LogP contribution is 2.28. The summed E-state index contributed by atoms with van der Waals surface area (Å²) in [5, 5.41) is 0.147. The summed E-state index contributed by atoms with van der Waals surface area (Å²) >= 11 is 1.72. The SMILES string of the molecule is CCCCCC(Sc1ccccc1)C(=O)CC. The molecule has 0 aliphatic rings. The molecule has 0 amide bonds. The number of rotatable bonds is 8. The molecule has 0 aliphatic carbocycles. The van der Waals surface area contributed by atoms with Crippen LogP contribution >= 0.6 is 11.8 Å². The van der Waals surface area contributed by atoms with E-state index in [0.29, 0.717) is 12.2 Å². The third-order valence-electron chi connectivity index (χ3n) is 2.80. The second kappa shape index (κ2) is 8.35. The smallest absolute Gasteiger partial charge is 0.145 e. The van der Waals surface area contributed by atoms with Crippen molar-refractivity contribution in [3.63, 3.8) is 0 Å². The first-order valence-electron chi connectivity index (χ1n) is 6.52. The van der Waals surface area contributed by atoms with Crippen molar-refractivity contribution < 1.29 is 4.79 Å². The molecule has 0 heterocycles. The minimum absolute atomic E-state index is 0.147. The Bertz CT molecular complexity index is 321. The number of Topliss-reactive ketones (excluding diaryl/α,β-unsaturated/α-hetero) is 1. The molecule has 2 heteroatoms. The first-order valence-corrected chi connectivity index (χ1v) is 7.40. The van der Waals surface area contributed by atoms with Crippen LogP contribution in [0.5, 0.6) is 0 Å². The number of ketones is 1. The van der Waals surface area contributed by atoms with E-state index in [9.17, 15) is 4.79 Å². The molecule has 0 aliphatic heterocycles. The lowest BCUT2D eigenvalue weighted by atomic mass is 10.1. The molecule has 0 radical (unpaired) electrons. The average Bonchev–Trinajstić information content (AvgIpc) is 2.38. The highest BCUT2D eigenvalue weighted by atomic mass is 32.2. The van der Waals surface area contributed by atoms with Crippen LogP contribution < -0.4 is 0 Å². The first-order chi connectivity index (χ1) is 8.27. The van der Waals surface area contributed by atoms with E-state index in [4.69, 9.17) is 0 Å². The molecule has 1 unspecified atom stereocenters. The van der Waals surface area contributed by atoms with Crippen molar-refractivity contribution >= 4 is 17.5 Å². The van der Waals surface area contributed by atoms with Gasteiger partial charge >= 0.3 is 0 Å². The summed E-state index contributed by atoms with van der Waals surface area (Å²) in [5.41, 5.74) is 0. The van der Waals surface area contributed by atoms with E-state index < -0.39 is 0 Å². The number of thioether (sulfide) groups is 1. The van der Waals surface area contributed by atoms with Gasteiger partial charge in [-0.3, -0.25) is 4.79 Å². The summed E-state index contributed by atoms with van der Waals surface area (Å²) in [4.78, 5) is 13.1. The van der Waals surface area contributed by atoms with Gasteiger partial charge in [-0.2, -0.15) is 0 Å². The summed E-state index contributed by atoms with van der Waals surface area (Å²) in [5.74, 6) is 0.384. The lowest BCUT2D eigenvalue weighted by molar-refractivity contribution is -0.118. The van der Waals surface area contributed by atoms with Crippen molar-refractivity contribution in [2.24, 2.45) is 0 Å². The zero-order chi connectivity index (χ0) is 12.5. The molecular weight excluding hydrogens is 228 g/mol. The van der Waals surface area contributed by atoms with Crippen molar-refractivity contribution in [3.8, 4) is 0 Å². The Kier molecular flexibility index (Phi) is 7.02. The highest BCUT2D eigenvalue weighted by molar-refractivity contribution is 8.00. The molecule has 0 fully saturated rings. The Morgan fingerprint density at radius 1 is 1.18 bits per heavy atom. The number of hydrogen-bond acceptors (Lipinski definition) is 2. The Labute approximate surface area is 109 Å². The second-order valence-electron chi connectivity index (χ2n) is 4.24. The average molecular weight is 250 g/mol. The van der Waals surface area contributed by atoms with E-state index in [1.165, 1.54) is 17.7 Å². The van der Waals surface area contributed by atoms with Crippen LogP contribution in [0.25, 0.3) is 0 Å². The maximum Gasteiger partial charge on any atom is 0.145 e. The monoisotopic (exact) mass is 250 g/mol. The first kappa shape index (κ1) is 14.3. The van der Waals surface area contributed by atoms with Crippen LogP contribution in [0.1, 0.15) is 46.0 Å². The standard InChI is InChI=1S/C15H22OS/c1-3-5-7-12-15(14(16)4-2)17-13-10-8-6-9-11-13/h6,8-11,15H,3-5,7,12H2,1-2H3. The Hall–Kier alpha value is -0.760. The summed E-state index contributed by atoms with van der Waals surface area (Å²) < 4.78 is 0. The summed E-state index contributed by atoms with van der Waals surface area (Å²) in [6.45, 7) is 4.15. The zero-order valence-electron chi connectivity index (χ0n) is 10.8. The van der Waals surface area contributed by atoms with Crippen molar-refractivity contribution in [3.05, 3.63) is 30.3 Å². The molecule has 0 spiro atoms. The van der Waals surface area contributed by atoms with Crippen LogP contribution in [-0.4, -0.2) is 11.0 Å². The molecule has 0 saturated heterocycles. The molecule has 0 N–H and O–H groups in total. The van der Waals surface area contributed by atoms with Crippen LogP contribution in [0, 0.1) is 0 Å². The Morgan fingerprint density at radius 3 is 2.47 bits per heavy atom. The summed E-state index contributed by atoms with van der Waals surface area (Å²) in [6, 6.07) is 10.2. The van der Waals surface area contributed by atoms with Gasteiger partial charge in [-0.15, -0.1) is 11.8 Å². The third-order valence-corrected chi connectivity index (χ3v) is 4.13. The van der Waals surface area contributed by atoms with Gasteiger partial charge in [0.2, 0.25) is 0 Å². The normalized spacial score (nSPS) is 12.4. The summed E-state index contributed by atoms with van der Waals surface area (Å²) in [7, 11) is 0. The van der Waals surface area contributed by atoms with E-state index in [2.05, 4.69) is 19.1 Å². The molecule has 0 aromatic heterocycles. The largest absolute Gasteiger partial charge is 0.298 e. The molecule has 1 atom stereocenters. The molecule has 94 valence electrons. The van der Waals surface area contributed by atoms with Gasteiger partial charge in [0.1, 0.15) is 5.78 Å². The van der Waals surface area contributed by atoms with Gasteiger partial charge in [0.25, 0.3) is 0 Å². The van der Waals surface area contributed by atoms with Crippen LogP contribution in [0.3, 0.4) is 0 Å². The quantitative estimate of drug-likeness (QED) is 0.491. The van der Waals surface area contributed by atoms with Gasteiger partial charge in [-0.25, -0.2) is 0 Å². The number of carbonyl (C=O) groups is 1. The van der Waals surface area contributed by atoms with Crippen LogP contribution in [-0.2, 0) is 4.79 Å². The number of hydrogen-bond donors (Lipinski definition) is 0. The van der Waals surface area contributed by atoms with Crippen LogP contribution in [0.2, 0.25) is 0 Å². The van der Waals surface area contributed by atoms with E-state index in [1.807, 2.05) is 25.1 Å². The van der Waals surface area contributed by atoms with Crippen LogP contribution in [0.4, 0.5) is 0 Å². The maximum absolute atomic E-state index is 11.9. The van der Waals surface area contributed by atoms with Gasteiger partial charge in [-0.05, 0) is 18.6 Å². The van der Waals surface area contributed by atoms with Gasteiger partial charge in [0, 0.05) is 11.3 Å². The van der Waals surface area contributed by atoms with Crippen molar-refractivity contribution in [1.82, 2.24) is 0 Å². The van der Waals surface area contributed by atoms with Crippen molar-refractivity contribution in [2.75, 3.05) is 0 Å². The van der Waals surface area contributed by atoms with E-state index in [0.717, 1.165) is 12.8 Å². The second-order valence-corrected chi connectivity index (χ2v) is 5.51. The lowest BCUT2D eigenvalue weighted by Crippen LogP contribution is -2.15. The molecule has 1 rings (SSSR count). The molecule has 1 aromatic carbocycles. The fourth-order valence-corrected chi connectivity index (χ4v) is 2.98. The minimum atomic E-state index is 0.147. The fourth-order valence-electron chi connectivity index (χ4n) is 1.76. The van der Waals surface area contributed by atoms with Crippen molar-refractivity contribution in [1.29, 1.82) is 0 Å². The van der Waals surface area contributed by atoms with Gasteiger partial charge in [0.05, 0.1) is 5.25 Å². The fraction of sp³-hybridized carbons (Fsp3) is 0.533. The Morgan fingerprint density at radius 2 is 1.88 bits per heavy atom.